The number of benzene rings is 1. The van der Waals surface area contributed by atoms with E-state index in [2.05, 4.69) is 0 Å². The molecule has 0 spiro atoms. The monoisotopic (exact) mass is 432 g/mol. The summed E-state index contributed by atoms with van der Waals surface area (Å²) in [5.74, 6) is -1.36. The van der Waals surface area contributed by atoms with Gasteiger partial charge in [-0.25, -0.2) is 4.89 Å². The molecule has 0 radical (unpaired) electrons. The van der Waals surface area contributed by atoms with Crippen LogP contribution in [0.4, 0.5) is 0 Å². The van der Waals surface area contributed by atoms with Crippen molar-refractivity contribution in [2.45, 2.75) is 59.0 Å². The van der Waals surface area contributed by atoms with Gasteiger partial charge in [0.15, 0.2) is 11.6 Å². The Balaban J connectivity index is 1.76. The molecule has 31 heavy (non-hydrogen) atoms. The second-order valence-corrected chi connectivity index (χ2v) is 9.42. The first-order chi connectivity index (χ1) is 14.4. The number of Topliss-reactive ketones (excluding diaryl/α,β-unsaturated/α-hetero) is 2. The molecule has 7 heteroatoms. The van der Waals surface area contributed by atoms with Crippen LogP contribution in [0.5, 0.6) is 5.75 Å². The van der Waals surface area contributed by atoms with Crippen LogP contribution in [-0.4, -0.2) is 43.8 Å². The van der Waals surface area contributed by atoms with Crippen LogP contribution in [0, 0.1) is 10.8 Å². The molecule has 2 aliphatic rings. The van der Waals surface area contributed by atoms with E-state index in [-0.39, 0.29) is 11.6 Å². The second-order valence-electron chi connectivity index (χ2n) is 9.42. The molecule has 0 N–H and O–H groups in total. The van der Waals surface area contributed by atoms with Gasteiger partial charge in [0.1, 0.15) is 11.4 Å². The molecule has 2 atom stereocenters. The summed E-state index contributed by atoms with van der Waals surface area (Å²) in [6, 6.07) is 7.65. The van der Waals surface area contributed by atoms with Crippen LogP contribution in [0.25, 0.3) is 0 Å². The number of methoxy groups -OCH3 is 2. The van der Waals surface area contributed by atoms with E-state index in [0.29, 0.717) is 25.2 Å². The summed E-state index contributed by atoms with van der Waals surface area (Å²) in [4.78, 5) is 37.7. The lowest BCUT2D eigenvalue weighted by molar-refractivity contribution is -0.469. The number of ketones is 2. The molecule has 1 fully saturated rings. The molecule has 1 saturated carbocycles. The number of ether oxygens (including phenoxy) is 3. The molecule has 170 valence electrons. The lowest BCUT2D eigenvalue weighted by Gasteiger charge is -2.54. The van der Waals surface area contributed by atoms with E-state index in [9.17, 15) is 9.59 Å². The zero-order chi connectivity index (χ0) is 23.1. The molecular weight excluding hydrogens is 400 g/mol. The molecule has 1 aromatic carbocycles. The molecule has 0 unspecified atom stereocenters. The van der Waals surface area contributed by atoms with Gasteiger partial charge in [0, 0.05) is 13.5 Å². The van der Waals surface area contributed by atoms with Gasteiger partial charge >= 0.3 is 0 Å². The summed E-state index contributed by atoms with van der Waals surface area (Å²) in [5.41, 5.74) is -1.86. The molecule has 3 rings (SSSR count). The largest absolute Gasteiger partial charge is 0.497 e. The summed E-state index contributed by atoms with van der Waals surface area (Å²) >= 11 is 0. The molecule has 0 saturated heterocycles. The van der Waals surface area contributed by atoms with Gasteiger partial charge in [-0.3, -0.25) is 9.59 Å². The molecule has 0 bridgehead atoms. The first-order valence-corrected chi connectivity index (χ1v) is 10.4. The van der Waals surface area contributed by atoms with Gasteiger partial charge in [0.05, 0.1) is 36.7 Å². The number of carbonyl (C=O) groups is 2. The minimum absolute atomic E-state index is 0.251. The number of rotatable bonds is 7. The van der Waals surface area contributed by atoms with Gasteiger partial charge in [-0.05, 0) is 58.4 Å². The molecule has 1 heterocycles. The predicted molar refractivity (Wildman–Crippen MR) is 113 cm³/mol. The molecular formula is C24H32O7. The van der Waals surface area contributed by atoms with Gasteiger partial charge in [-0.1, -0.05) is 12.1 Å². The number of fused-ring (bicyclic) bond motifs is 1. The number of carbonyl (C=O) groups excluding carboxylic acids is 2. The number of hydrogen-bond acceptors (Lipinski definition) is 7. The van der Waals surface area contributed by atoms with Crippen molar-refractivity contribution in [3.05, 3.63) is 41.5 Å². The van der Waals surface area contributed by atoms with Gasteiger partial charge in [-0.2, -0.15) is 4.89 Å². The maximum atomic E-state index is 13.3. The zero-order valence-corrected chi connectivity index (χ0v) is 19.4. The second kappa shape index (κ2) is 8.13. The van der Waals surface area contributed by atoms with Gasteiger partial charge in [-0.15, -0.1) is 0 Å². The molecule has 0 aromatic heterocycles. The molecule has 7 nitrogen and oxygen atoms in total. The van der Waals surface area contributed by atoms with Crippen molar-refractivity contribution in [1.29, 1.82) is 0 Å². The molecule has 1 aliphatic heterocycles. The van der Waals surface area contributed by atoms with Crippen molar-refractivity contribution in [3.8, 4) is 5.75 Å². The average Bonchev–Trinajstić information content (AvgIpc) is 2.75. The Bertz CT molecular complexity index is 884. The first-order valence-electron chi connectivity index (χ1n) is 10.4. The highest BCUT2D eigenvalue weighted by Crippen LogP contribution is 2.54. The van der Waals surface area contributed by atoms with Crippen LogP contribution in [-0.2, 0) is 35.4 Å². The van der Waals surface area contributed by atoms with E-state index in [1.165, 1.54) is 7.11 Å². The van der Waals surface area contributed by atoms with E-state index >= 15 is 0 Å². The zero-order valence-electron chi connectivity index (χ0n) is 19.4. The minimum Gasteiger partial charge on any atom is -0.497 e. The Morgan fingerprint density at radius 2 is 1.58 bits per heavy atom. The fourth-order valence-electron chi connectivity index (χ4n) is 4.35. The summed E-state index contributed by atoms with van der Waals surface area (Å²) in [6.07, 6.45) is 2.18. The summed E-state index contributed by atoms with van der Waals surface area (Å²) < 4.78 is 16.6. The highest BCUT2D eigenvalue weighted by Gasteiger charge is 2.68. The lowest BCUT2D eigenvalue weighted by Crippen LogP contribution is -2.67. The Labute approximate surface area is 183 Å². The third-order valence-electron chi connectivity index (χ3n) is 6.38. The van der Waals surface area contributed by atoms with E-state index in [0.717, 1.165) is 11.3 Å². The van der Waals surface area contributed by atoms with Crippen molar-refractivity contribution in [2.24, 2.45) is 10.8 Å². The van der Waals surface area contributed by atoms with E-state index < -0.39 is 22.2 Å². The fourth-order valence-corrected chi connectivity index (χ4v) is 4.35. The van der Waals surface area contributed by atoms with E-state index in [4.69, 9.17) is 24.0 Å². The number of hydrogen-bond donors (Lipinski definition) is 0. The molecule has 1 aromatic rings. The smallest absolute Gasteiger partial charge is 0.242 e. The van der Waals surface area contributed by atoms with Crippen LogP contribution in [0.2, 0.25) is 0 Å². The van der Waals surface area contributed by atoms with Crippen molar-refractivity contribution in [1.82, 2.24) is 0 Å². The summed E-state index contributed by atoms with van der Waals surface area (Å²) in [6.45, 7) is 9.35. The van der Waals surface area contributed by atoms with Crippen molar-refractivity contribution in [3.63, 3.8) is 0 Å². The van der Waals surface area contributed by atoms with Gasteiger partial charge in [0.2, 0.25) is 5.79 Å². The molecule has 0 amide bonds. The van der Waals surface area contributed by atoms with Crippen LogP contribution >= 0.6 is 0 Å². The van der Waals surface area contributed by atoms with Gasteiger partial charge in [0.25, 0.3) is 0 Å². The van der Waals surface area contributed by atoms with Gasteiger partial charge < -0.3 is 14.2 Å². The average molecular weight is 433 g/mol. The quantitative estimate of drug-likeness (QED) is 0.368. The normalized spacial score (nSPS) is 29.3. The highest BCUT2D eigenvalue weighted by molar-refractivity contribution is 6.19. The minimum atomic E-state index is -1.58. The Morgan fingerprint density at radius 1 is 0.935 bits per heavy atom. The standard InChI is InChI=1S/C24H32O7/c1-21(2)19(25)18-14-23(5,30-31-24(18,28-7)22(3,4)20(21)26)12-13-29-15-16-8-10-17(27-6)11-9-16/h8-11,14H,12-13,15H2,1-7H3/t23-,24-/m1/s1. The van der Waals surface area contributed by atoms with Crippen LogP contribution < -0.4 is 4.74 Å². The summed E-state index contributed by atoms with van der Waals surface area (Å²) in [7, 11) is 3.04. The Kier molecular flexibility index (Phi) is 6.19. The maximum absolute atomic E-state index is 13.3. The predicted octanol–water partition coefficient (Wildman–Crippen LogP) is 3.80. The summed E-state index contributed by atoms with van der Waals surface area (Å²) in [5, 5.41) is 0. The Hall–Kier alpha value is -2.06. The third-order valence-corrected chi connectivity index (χ3v) is 6.38. The molecule has 1 aliphatic carbocycles. The van der Waals surface area contributed by atoms with Crippen LogP contribution in [0.3, 0.4) is 0 Å². The maximum Gasteiger partial charge on any atom is 0.242 e. The third kappa shape index (κ3) is 3.84. The van der Waals surface area contributed by atoms with E-state index in [1.54, 1.807) is 40.9 Å². The van der Waals surface area contributed by atoms with Crippen molar-refractivity contribution in [2.75, 3.05) is 20.8 Å². The fraction of sp³-hybridized carbons (Fsp3) is 0.583. The van der Waals surface area contributed by atoms with E-state index in [1.807, 2.05) is 31.2 Å². The Morgan fingerprint density at radius 3 is 2.16 bits per heavy atom. The first kappa shape index (κ1) is 23.6. The van der Waals surface area contributed by atoms with Crippen LogP contribution in [0.15, 0.2) is 35.9 Å². The lowest BCUT2D eigenvalue weighted by atomic mass is 9.57. The topological polar surface area (TPSA) is 80.3 Å². The highest BCUT2D eigenvalue weighted by atomic mass is 17.2. The SMILES string of the molecule is COc1ccc(COCC[C@]2(C)C=C3C(=O)C(C)(C)C(=O)C(C)(C)[C@]3(OC)OO2)cc1. The van der Waals surface area contributed by atoms with Crippen LogP contribution in [0.1, 0.15) is 46.6 Å². The van der Waals surface area contributed by atoms with Crippen molar-refractivity contribution >= 4 is 11.6 Å². The van der Waals surface area contributed by atoms with Crippen molar-refractivity contribution < 1.29 is 33.6 Å².